The molecule has 1 saturated carbocycles. The van der Waals surface area contributed by atoms with Gasteiger partial charge in [-0.2, -0.15) is 0 Å². The van der Waals surface area contributed by atoms with Crippen molar-refractivity contribution >= 4 is 102 Å². The summed E-state index contributed by atoms with van der Waals surface area (Å²) in [6.07, 6.45) is 6.18. The Morgan fingerprint density at radius 3 is 2.05 bits per heavy atom. The van der Waals surface area contributed by atoms with Crippen LogP contribution in [0.3, 0.4) is 0 Å². The molecule has 0 amide bonds. The van der Waals surface area contributed by atoms with Crippen LogP contribution >= 0.6 is 22.7 Å². The molecular weight excluding hydrogens is 741 g/mol. The van der Waals surface area contributed by atoms with Gasteiger partial charge in [0.05, 0.1) is 27.1 Å². The van der Waals surface area contributed by atoms with Crippen molar-refractivity contribution in [1.29, 1.82) is 0 Å². The zero-order chi connectivity index (χ0) is 37.7. The molecule has 1 spiro atoms. The lowest BCUT2D eigenvalue weighted by Gasteiger charge is -2.37. The van der Waals surface area contributed by atoms with Gasteiger partial charge >= 0.3 is 0 Å². The minimum atomic E-state index is -0.0276. The number of anilines is 3. The van der Waals surface area contributed by atoms with E-state index in [9.17, 15) is 0 Å². The predicted molar refractivity (Wildman–Crippen MR) is 250 cm³/mol. The number of thiophene rings is 2. The maximum absolute atomic E-state index is 2.64. The smallest absolute Gasteiger partial charge is 0.0640 e. The first-order chi connectivity index (χ1) is 28.7. The Morgan fingerprint density at radius 1 is 0.466 bits per heavy atom. The highest BCUT2D eigenvalue weighted by atomic mass is 32.1. The molecule has 0 unspecified atom stereocenters. The van der Waals surface area contributed by atoms with Crippen LogP contribution in [0, 0.1) is 0 Å². The summed E-state index contributed by atoms with van der Waals surface area (Å²) in [5.74, 6) is 0. The molecule has 11 aromatic rings. The van der Waals surface area contributed by atoms with Gasteiger partial charge in [-0.1, -0.05) is 122 Å². The first kappa shape index (κ1) is 31.8. The maximum atomic E-state index is 2.64. The summed E-state index contributed by atoms with van der Waals surface area (Å²) in [7, 11) is 0. The largest absolute Gasteiger partial charge is 0.309 e. The van der Waals surface area contributed by atoms with E-state index in [0.29, 0.717) is 0 Å². The highest BCUT2D eigenvalue weighted by Crippen LogP contribution is 2.63. The number of rotatable bonds is 3. The summed E-state index contributed by atoms with van der Waals surface area (Å²) in [6.45, 7) is 0. The molecule has 3 aromatic heterocycles. The lowest BCUT2D eigenvalue weighted by atomic mass is 9.67. The topological polar surface area (TPSA) is 8.17 Å². The Bertz CT molecular complexity index is 3570. The van der Waals surface area contributed by atoms with Crippen LogP contribution in [-0.4, -0.2) is 4.57 Å². The Kier molecular flexibility index (Phi) is 6.30. The van der Waals surface area contributed by atoms with Crippen LogP contribution in [0.15, 0.2) is 158 Å². The molecule has 4 heterocycles. The number of hydrogen-bond acceptors (Lipinski definition) is 3. The van der Waals surface area contributed by atoms with Crippen molar-refractivity contribution in [3.8, 4) is 27.9 Å². The number of hydrogen-bond donors (Lipinski definition) is 0. The van der Waals surface area contributed by atoms with Crippen molar-refractivity contribution in [2.24, 2.45) is 0 Å². The van der Waals surface area contributed by atoms with Gasteiger partial charge < -0.3 is 9.47 Å². The third kappa shape index (κ3) is 4.02. The van der Waals surface area contributed by atoms with Crippen molar-refractivity contribution in [3.05, 3.63) is 169 Å². The molecule has 8 aromatic carbocycles. The standard InChI is InChI=1S/C54H36N2S2/c1-10-27-54(28-11-1)42-26-25-39-34-13-2-6-18-44(34)56-45-19-7-3-14-35(45)41-29-33(30-43(54)50(41)51(42)52(39)56)55(32-23-24-38-36-15-4-8-21-47(36)57-49(38)31-32)46-20-12-17-40-37-16-5-9-22-48(37)58-53(40)46/h2-9,12-26,29-31H,1,10-11,27-28H2. The third-order valence-electron chi connectivity index (χ3n) is 13.9. The zero-order valence-electron chi connectivity index (χ0n) is 31.8. The van der Waals surface area contributed by atoms with E-state index >= 15 is 0 Å². The third-order valence-corrected chi connectivity index (χ3v) is 16.2. The molecule has 0 radical (unpaired) electrons. The second kappa shape index (κ2) is 11.5. The monoisotopic (exact) mass is 776 g/mol. The van der Waals surface area contributed by atoms with Crippen LogP contribution in [-0.2, 0) is 5.41 Å². The fraction of sp³-hybridized carbons (Fsp3) is 0.111. The quantitative estimate of drug-likeness (QED) is 0.173. The van der Waals surface area contributed by atoms with E-state index in [1.54, 1.807) is 0 Å². The molecule has 2 aliphatic carbocycles. The van der Waals surface area contributed by atoms with Crippen LogP contribution in [0.5, 0.6) is 0 Å². The number of fused-ring (bicyclic) bond motifs is 14. The summed E-state index contributed by atoms with van der Waals surface area (Å²) in [5, 5.41) is 8.00. The van der Waals surface area contributed by atoms with Gasteiger partial charge in [0, 0.05) is 74.3 Å². The lowest BCUT2D eigenvalue weighted by molar-refractivity contribution is 0.353. The van der Waals surface area contributed by atoms with Gasteiger partial charge in [0.25, 0.3) is 0 Å². The molecule has 4 heteroatoms. The zero-order valence-corrected chi connectivity index (χ0v) is 33.4. The predicted octanol–water partition coefficient (Wildman–Crippen LogP) is 16.2. The summed E-state index contributed by atoms with van der Waals surface area (Å²) < 4.78 is 7.92. The molecule has 58 heavy (non-hydrogen) atoms. The Balaban J connectivity index is 1.12. The minimum Gasteiger partial charge on any atom is -0.309 e. The van der Waals surface area contributed by atoms with E-state index in [2.05, 4.69) is 167 Å². The normalized spacial score (nSPS) is 15.0. The van der Waals surface area contributed by atoms with Crippen molar-refractivity contribution in [2.75, 3.05) is 4.90 Å². The summed E-state index contributed by atoms with van der Waals surface area (Å²) in [4.78, 5) is 2.61. The van der Waals surface area contributed by atoms with Crippen molar-refractivity contribution in [2.45, 2.75) is 37.5 Å². The van der Waals surface area contributed by atoms with Gasteiger partial charge in [-0.25, -0.2) is 0 Å². The lowest BCUT2D eigenvalue weighted by Crippen LogP contribution is -2.28. The first-order valence-electron chi connectivity index (χ1n) is 20.7. The van der Waals surface area contributed by atoms with Crippen LogP contribution in [0.2, 0.25) is 0 Å². The SMILES string of the molecule is c1ccc2c(c1)-c1cc(N(c3ccc4c(c3)sc3ccccc34)c3cccc4c3sc3ccccc34)cc3c1-c1c(ccc4c5ccccc5n-2c14)C31CCCCC1. The molecule has 1 aliphatic heterocycles. The second-order valence-corrected chi connectivity index (χ2v) is 18.8. The fourth-order valence-electron chi connectivity index (χ4n) is 11.5. The van der Waals surface area contributed by atoms with Crippen LogP contribution in [0.4, 0.5) is 17.1 Å². The highest BCUT2D eigenvalue weighted by Gasteiger charge is 2.47. The molecule has 1 fully saturated rings. The average Bonchev–Trinajstić information content (AvgIpc) is 3.99. The second-order valence-electron chi connectivity index (χ2n) is 16.7. The molecule has 3 aliphatic rings. The Labute approximate surface area is 343 Å². The molecule has 14 rings (SSSR count). The van der Waals surface area contributed by atoms with Gasteiger partial charge in [0.1, 0.15) is 0 Å². The van der Waals surface area contributed by atoms with Gasteiger partial charge in [-0.15, -0.1) is 22.7 Å². The summed E-state index contributed by atoms with van der Waals surface area (Å²) in [6, 6.07) is 60.4. The Hall–Kier alpha value is -6.20. The van der Waals surface area contributed by atoms with Gasteiger partial charge in [0.2, 0.25) is 0 Å². The van der Waals surface area contributed by atoms with E-state index in [4.69, 9.17) is 0 Å². The highest BCUT2D eigenvalue weighted by molar-refractivity contribution is 7.26. The minimum absolute atomic E-state index is 0.0276. The molecule has 0 atom stereocenters. The van der Waals surface area contributed by atoms with Crippen LogP contribution in [0.1, 0.15) is 43.2 Å². The van der Waals surface area contributed by atoms with Crippen molar-refractivity contribution < 1.29 is 0 Å². The van der Waals surface area contributed by atoms with E-state index in [-0.39, 0.29) is 5.41 Å². The number of aromatic nitrogens is 1. The molecule has 0 bridgehead atoms. The summed E-state index contributed by atoms with van der Waals surface area (Å²) in [5.41, 5.74) is 16.2. The van der Waals surface area contributed by atoms with E-state index < -0.39 is 0 Å². The average molecular weight is 777 g/mol. The van der Waals surface area contributed by atoms with Crippen LogP contribution < -0.4 is 4.90 Å². The van der Waals surface area contributed by atoms with Gasteiger partial charge in [-0.3, -0.25) is 0 Å². The van der Waals surface area contributed by atoms with E-state index in [1.165, 1.54) is 150 Å². The summed E-state index contributed by atoms with van der Waals surface area (Å²) >= 11 is 3.82. The maximum Gasteiger partial charge on any atom is 0.0640 e. The van der Waals surface area contributed by atoms with Crippen LogP contribution in [0.25, 0.3) is 90.1 Å². The number of para-hydroxylation sites is 2. The fourth-order valence-corrected chi connectivity index (χ4v) is 13.8. The van der Waals surface area contributed by atoms with Crippen molar-refractivity contribution in [3.63, 3.8) is 0 Å². The van der Waals surface area contributed by atoms with Gasteiger partial charge in [-0.05, 0) is 89.7 Å². The first-order valence-corrected chi connectivity index (χ1v) is 22.4. The van der Waals surface area contributed by atoms with Gasteiger partial charge in [0.15, 0.2) is 0 Å². The molecule has 2 nitrogen and oxygen atoms in total. The van der Waals surface area contributed by atoms with Crippen molar-refractivity contribution in [1.82, 2.24) is 4.57 Å². The van der Waals surface area contributed by atoms with E-state index in [0.717, 1.165) is 0 Å². The molecule has 0 saturated heterocycles. The number of nitrogens with zero attached hydrogens (tertiary/aromatic N) is 2. The molecule has 0 N–H and O–H groups in total. The molecular formula is C54H36N2S2. The molecule has 274 valence electrons. The number of benzene rings is 8. The Morgan fingerprint density at radius 2 is 1.17 bits per heavy atom. The van der Waals surface area contributed by atoms with E-state index in [1.807, 2.05) is 22.7 Å².